The number of nitrogens with zero attached hydrogens (tertiary/aromatic N) is 1. The summed E-state index contributed by atoms with van der Waals surface area (Å²) in [5.41, 5.74) is 0. The van der Waals surface area contributed by atoms with E-state index in [4.69, 9.17) is 0 Å². The first-order valence-corrected chi connectivity index (χ1v) is 3.13. The van der Waals surface area contributed by atoms with Crippen molar-refractivity contribution in [2.24, 2.45) is 0 Å². The van der Waals surface area contributed by atoms with E-state index in [1.54, 1.807) is 0 Å². The largest absolute Gasteiger partial charge is 0.250 e. The maximum atomic E-state index is 2.95. The van der Waals surface area contributed by atoms with Crippen LogP contribution in [0.1, 0.15) is 13.3 Å². The normalized spacial score (nSPS) is 10.8. The third kappa shape index (κ3) is 1.72. The van der Waals surface area contributed by atoms with Gasteiger partial charge < -0.3 is 0 Å². The molecule has 0 spiro atoms. The Hall–Kier alpha value is -1.05. The minimum atomic E-state index is 1.08. The number of hydrogen-bond donors (Lipinski definition) is 1. The molecular weight excluding hydrogens is 112 g/mol. The van der Waals surface area contributed by atoms with E-state index < -0.39 is 0 Å². The Bertz CT molecular complexity index is 175. The molecule has 0 unspecified atom stereocenters. The van der Waals surface area contributed by atoms with E-state index in [9.17, 15) is 0 Å². The van der Waals surface area contributed by atoms with Crippen molar-refractivity contribution in [2.75, 3.05) is 0 Å². The Morgan fingerprint density at radius 1 is 1.67 bits per heavy atom. The molecule has 48 valence electrons. The van der Waals surface area contributed by atoms with Crippen molar-refractivity contribution in [1.82, 2.24) is 4.98 Å². The highest BCUT2D eigenvalue weighted by Crippen LogP contribution is 1.77. The smallest absolute Gasteiger partial charge is 0.246 e. The molecule has 0 radical (unpaired) electrons. The average Bonchev–Trinajstić information content (AvgIpc) is 2.34. The van der Waals surface area contributed by atoms with Crippen molar-refractivity contribution in [3.63, 3.8) is 0 Å². The third-order valence-electron chi connectivity index (χ3n) is 1.08. The SMILES string of the molecule is CCC=C[n+]1cc[nH]c1. The molecule has 1 rings (SSSR count). The van der Waals surface area contributed by atoms with E-state index in [1.807, 2.05) is 29.5 Å². The van der Waals surface area contributed by atoms with Crippen molar-refractivity contribution >= 4 is 6.20 Å². The van der Waals surface area contributed by atoms with Crippen LogP contribution >= 0.6 is 0 Å². The molecule has 1 aromatic rings. The van der Waals surface area contributed by atoms with Crippen LogP contribution in [-0.2, 0) is 0 Å². The molecule has 0 fully saturated rings. The highest BCUT2D eigenvalue weighted by atomic mass is 15.0. The molecule has 1 aromatic heterocycles. The molecule has 2 nitrogen and oxygen atoms in total. The maximum absolute atomic E-state index is 2.95. The van der Waals surface area contributed by atoms with Gasteiger partial charge in [0.1, 0.15) is 12.4 Å². The fourth-order valence-electron chi connectivity index (χ4n) is 0.621. The summed E-state index contributed by atoms with van der Waals surface area (Å²) in [4.78, 5) is 2.95. The van der Waals surface area contributed by atoms with Gasteiger partial charge in [-0.1, -0.05) is 6.92 Å². The zero-order chi connectivity index (χ0) is 6.53. The summed E-state index contributed by atoms with van der Waals surface area (Å²) in [5.74, 6) is 0. The van der Waals surface area contributed by atoms with Crippen LogP contribution in [0.5, 0.6) is 0 Å². The molecule has 2 heteroatoms. The van der Waals surface area contributed by atoms with Crippen LogP contribution in [-0.4, -0.2) is 4.98 Å². The number of allylic oxidation sites excluding steroid dienone is 1. The topological polar surface area (TPSA) is 19.7 Å². The molecule has 0 aliphatic carbocycles. The fourth-order valence-corrected chi connectivity index (χ4v) is 0.621. The first-order chi connectivity index (χ1) is 4.43. The van der Waals surface area contributed by atoms with Crippen molar-refractivity contribution in [3.8, 4) is 0 Å². The van der Waals surface area contributed by atoms with Gasteiger partial charge in [0.2, 0.25) is 6.33 Å². The van der Waals surface area contributed by atoms with Crippen molar-refractivity contribution in [2.45, 2.75) is 13.3 Å². The van der Waals surface area contributed by atoms with E-state index in [1.165, 1.54) is 0 Å². The van der Waals surface area contributed by atoms with Gasteiger partial charge in [0.05, 0.1) is 6.20 Å². The zero-order valence-electron chi connectivity index (χ0n) is 5.54. The lowest BCUT2D eigenvalue weighted by atomic mass is 10.5. The summed E-state index contributed by atoms with van der Waals surface area (Å²) >= 11 is 0. The van der Waals surface area contributed by atoms with Gasteiger partial charge in [-0.25, -0.2) is 9.55 Å². The molecule has 1 heterocycles. The predicted octanol–water partition coefficient (Wildman–Crippen LogP) is 1.18. The monoisotopic (exact) mass is 123 g/mol. The molecule has 1 N–H and O–H groups in total. The van der Waals surface area contributed by atoms with Gasteiger partial charge >= 0.3 is 0 Å². The number of nitrogens with one attached hydrogen (secondary N) is 1. The number of imidazole rings is 1. The lowest BCUT2D eigenvalue weighted by Gasteiger charge is -1.77. The van der Waals surface area contributed by atoms with Crippen LogP contribution < -0.4 is 4.57 Å². The minimum absolute atomic E-state index is 1.08. The van der Waals surface area contributed by atoms with Crippen LogP contribution in [0.15, 0.2) is 24.8 Å². The summed E-state index contributed by atoms with van der Waals surface area (Å²) in [6.07, 6.45) is 11.0. The fraction of sp³-hybridized carbons (Fsp3) is 0.286. The van der Waals surface area contributed by atoms with E-state index in [0.717, 1.165) is 6.42 Å². The van der Waals surface area contributed by atoms with E-state index in [-0.39, 0.29) is 0 Å². The first kappa shape index (κ1) is 6.08. The second-order valence-corrected chi connectivity index (χ2v) is 1.85. The quantitative estimate of drug-likeness (QED) is 0.570. The second-order valence-electron chi connectivity index (χ2n) is 1.85. The molecule has 9 heavy (non-hydrogen) atoms. The first-order valence-electron chi connectivity index (χ1n) is 3.13. The Balaban J connectivity index is 2.57. The highest BCUT2D eigenvalue weighted by Gasteiger charge is 1.85. The van der Waals surface area contributed by atoms with Crippen molar-refractivity contribution < 1.29 is 4.57 Å². The van der Waals surface area contributed by atoms with Gasteiger partial charge in [-0.05, 0) is 12.5 Å². The molecule has 0 aliphatic heterocycles. The third-order valence-corrected chi connectivity index (χ3v) is 1.08. The number of aromatic nitrogens is 2. The molecule has 0 aromatic carbocycles. The molecule has 0 saturated carbocycles. The summed E-state index contributed by atoms with van der Waals surface area (Å²) in [6, 6.07) is 0. The summed E-state index contributed by atoms with van der Waals surface area (Å²) in [7, 11) is 0. The Kier molecular flexibility index (Phi) is 2.07. The zero-order valence-corrected chi connectivity index (χ0v) is 5.54. The van der Waals surface area contributed by atoms with Gasteiger partial charge in [0, 0.05) is 0 Å². The lowest BCUT2D eigenvalue weighted by Crippen LogP contribution is -2.20. The number of hydrogen-bond acceptors (Lipinski definition) is 0. The maximum Gasteiger partial charge on any atom is 0.246 e. The molecule has 0 atom stereocenters. The molecular formula is C7H11N2+. The van der Waals surface area contributed by atoms with Gasteiger partial charge in [-0.15, -0.1) is 0 Å². The van der Waals surface area contributed by atoms with Crippen LogP contribution in [0.4, 0.5) is 0 Å². The summed E-state index contributed by atoms with van der Waals surface area (Å²) in [5, 5.41) is 0. The van der Waals surface area contributed by atoms with Gasteiger partial charge in [-0.2, -0.15) is 0 Å². The van der Waals surface area contributed by atoms with E-state index >= 15 is 0 Å². The minimum Gasteiger partial charge on any atom is -0.250 e. The lowest BCUT2D eigenvalue weighted by molar-refractivity contribution is -0.566. The molecule has 0 saturated heterocycles. The molecule has 0 bridgehead atoms. The Morgan fingerprint density at radius 2 is 2.56 bits per heavy atom. The van der Waals surface area contributed by atoms with Crippen molar-refractivity contribution in [3.05, 3.63) is 24.8 Å². The standard InChI is InChI=1S/C7H10N2/c1-2-3-5-9-6-4-8-7-9/h3-7H,2H2,1H3/p+1. The van der Waals surface area contributed by atoms with Gasteiger partial charge in [-0.3, -0.25) is 0 Å². The van der Waals surface area contributed by atoms with E-state index in [2.05, 4.69) is 18.0 Å². The molecule has 0 amide bonds. The average molecular weight is 123 g/mol. The second kappa shape index (κ2) is 3.07. The number of aromatic amines is 1. The van der Waals surface area contributed by atoms with Gasteiger partial charge in [0.25, 0.3) is 0 Å². The Labute approximate surface area is 54.8 Å². The van der Waals surface area contributed by atoms with Crippen LogP contribution in [0.25, 0.3) is 6.20 Å². The van der Waals surface area contributed by atoms with Crippen molar-refractivity contribution in [1.29, 1.82) is 0 Å². The number of H-pyrrole nitrogens is 1. The number of rotatable bonds is 2. The van der Waals surface area contributed by atoms with Crippen LogP contribution in [0.2, 0.25) is 0 Å². The van der Waals surface area contributed by atoms with Crippen LogP contribution in [0, 0.1) is 0 Å². The predicted molar refractivity (Wildman–Crippen MR) is 36.6 cm³/mol. The highest BCUT2D eigenvalue weighted by molar-refractivity contribution is 5.04. The Morgan fingerprint density at radius 3 is 3.11 bits per heavy atom. The summed E-state index contributed by atoms with van der Waals surface area (Å²) < 4.78 is 1.98. The molecule has 0 aliphatic rings. The van der Waals surface area contributed by atoms with Crippen LogP contribution in [0.3, 0.4) is 0 Å². The van der Waals surface area contributed by atoms with E-state index in [0.29, 0.717) is 0 Å². The van der Waals surface area contributed by atoms with Gasteiger partial charge in [0.15, 0.2) is 0 Å². The summed E-state index contributed by atoms with van der Waals surface area (Å²) in [6.45, 7) is 2.11.